The van der Waals surface area contributed by atoms with Crippen LogP contribution in [0.4, 0.5) is 0 Å². The molecule has 4 N–H and O–H groups in total. The molecule has 0 unspecified atom stereocenters. The molecule has 0 saturated carbocycles. The normalized spacial score (nSPS) is 11.5. The van der Waals surface area contributed by atoms with Gasteiger partial charge in [-0.1, -0.05) is 23.2 Å². The zero-order valence-electron chi connectivity index (χ0n) is 9.94. The van der Waals surface area contributed by atoms with Crippen LogP contribution in [0.1, 0.15) is 19.4 Å². The molecule has 0 atom stereocenters. The number of halogens is 3. The first kappa shape index (κ1) is 17.8. The summed E-state index contributed by atoms with van der Waals surface area (Å²) in [5, 5.41) is 30.9. The first-order valence-electron chi connectivity index (χ1n) is 5.02. The maximum absolute atomic E-state index is 9.38. The summed E-state index contributed by atoms with van der Waals surface area (Å²) in [5.41, 5.74) is -0.108. The number of phenolic OH excluding ortho intramolecular Hbond substituents is 1. The van der Waals surface area contributed by atoms with E-state index in [2.05, 4.69) is 5.32 Å². The molecular formula is C11H16Cl3NO3. The van der Waals surface area contributed by atoms with Crippen molar-refractivity contribution < 1.29 is 15.3 Å². The third kappa shape index (κ3) is 4.46. The van der Waals surface area contributed by atoms with Crippen molar-refractivity contribution in [1.29, 1.82) is 0 Å². The second-order valence-corrected chi connectivity index (χ2v) is 5.17. The molecular weight excluding hydrogens is 300 g/mol. The Morgan fingerprint density at radius 1 is 1.22 bits per heavy atom. The molecule has 0 fully saturated rings. The van der Waals surface area contributed by atoms with E-state index in [1.54, 1.807) is 26.0 Å². The molecule has 1 aromatic carbocycles. The molecule has 0 amide bonds. The number of nitrogens with one attached hydrogen (secondary N) is 1. The van der Waals surface area contributed by atoms with Crippen LogP contribution in [-0.4, -0.2) is 27.1 Å². The van der Waals surface area contributed by atoms with Gasteiger partial charge in [-0.3, -0.25) is 0 Å². The van der Waals surface area contributed by atoms with Crippen molar-refractivity contribution in [3.05, 3.63) is 27.7 Å². The molecule has 0 radical (unpaired) electrons. The van der Waals surface area contributed by atoms with E-state index in [9.17, 15) is 5.11 Å². The fourth-order valence-corrected chi connectivity index (χ4v) is 1.67. The number of benzene rings is 1. The highest BCUT2D eigenvalue weighted by Gasteiger charge is 2.25. The lowest BCUT2D eigenvalue weighted by atomic mass is 10.0. The van der Waals surface area contributed by atoms with Crippen LogP contribution in [0.15, 0.2) is 12.1 Å². The third-order valence-electron chi connectivity index (χ3n) is 2.47. The largest absolute Gasteiger partial charge is 0.505 e. The zero-order chi connectivity index (χ0) is 13.2. The van der Waals surface area contributed by atoms with Crippen molar-refractivity contribution >= 4 is 35.6 Å². The molecule has 0 aliphatic heterocycles. The Hall–Kier alpha value is -0.230. The van der Waals surface area contributed by atoms with Gasteiger partial charge in [-0.2, -0.15) is 0 Å². The monoisotopic (exact) mass is 315 g/mol. The maximum atomic E-state index is 9.38. The van der Waals surface area contributed by atoms with Crippen LogP contribution in [0.2, 0.25) is 10.0 Å². The van der Waals surface area contributed by atoms with Gasteiger partial charge in [0.2, 0.25) is 0 Å². The van der Waals surface area contributed by atoms with E-state index in [0.29, 0.717) is 6.54 Å². The third-order valence-corrected chi connectivity index (χ3v) is 3.05. The topological polar surface area (TPSA) is 72.7 Å². The number of hydrogen-bond donors (Lipinski definition) is 4. The van der Waals surface area contributed by atoms with Crippen LogP contribution < -0.4 is 5.32 Å². The first-order chi connectivity index (χ1) is 7.74. The quantitative estimate of drug-likeness (QED) is 0.643. The molecule has 7 heteroatoms. The SMILES string of the molecule is CC(C)(NCc1cc(Cl)c(O)c(Cl)c1)C(O)O.Cl. The summed E-state index contributed by atoms with van der Waals surface area (Å²) in [6, 6.07) is 3.13. The summed E-state index contributed by atoms with van der Waals surface area (Å²) in [5.74, 6) is -0.154. The highest BCUT2D eigenvalue weighted by atomic mass is 35.5. The first-order valence-corrected chi connectivity index (χ1v) is 5.77. The molecule has 0 aliphatic carbocycles. The van der Waals surface area contributed by atoms with Gasteiger partial charge in [-0.05, 0) is 31.5 Å². The van der Waals surface area contributed by atoms with Gasteiger partial charge in [0.15, 0.2) is 12.0 Å². The van der Waals surface area contributed by atoms with Gasteiger partial charge < -0.3 is 20.6 Å². The fourth-order valence-electron chi connectivity index (χ4n) is 1.14. The van der Waals surface area contributed by atoms with Crippen molar-refractivity contribution in [2.75, 3.05) is 0 Å². The Morgan fingerprint density at radius 3 is 2.06 bits per heavy atom. The summed E-state index contributed by atoms with van der Waals surface area (Å²) < 4.78 is 0. The van der Waals surface area contributed by atoms with Gasteiger partial charge in [-0.15, -0.1) is 12.4 Å². The van der Waals surface area contributed by atoms with Crippen molar-refractivity contribution in [1.82, 2.24) is 5.32 Å². The molecule has 0 spiro atoms. The minimum atomic E-state index is -1.48. The molecule has 0 aromatic heterocycles. The molecule has 1 aromatic rings. The summed E-state index contributed by atoms with van der Waals surface area (Å²) >= 11 is 11.5. The number of rotatable bonds is 4. The Bertz CT molecular complexity index is 388. The maximum Gasteiger partial charge on any atom is 0.169 e. The van der Waals surface area contributed by atoms with Gasteiger partial charge in [0.05, 0.1) is 15.6 Å². The van der Waals surface area contributed by atoms with E-state index in [1.807, 2.05) is 0 Å². The average molecular weight is 317 g/mol. The summed E-state index contributed by atoms with van der Waals surface area (Å²) in [6.07, 6.45) is -1.48. The van der Waals surface area contributed by atoms with Gasteiger partial charge in [0.1, 0.15) is 0 Å². The lowest BCUT2D eigenvalue weighted by Gasteiger charge is -2.28. The fraction of sp³-hybridized carbons (Fsp3) is 0.455. The number of aliphatic hydroxyl groups excluding tert-OH is 1. The van der Waals surface area contributed by atoms with Gasteiger partial charge >= 0.3 is 0 Å². The molecule has 4 nitrogen and oxygen atoms in total. The van der Waals surface area contributed by atoms with Crippen molar-refractivity contribution in [3.63, 3.8) is 0 Å². The summed E-state index contributed by atoms with van der Waals surface area (Å²) in [7, 11) is 0. The zero-order valence-corrected chi connectivity index (χ0v) is 12.3. The van der Waals surface area contributed by atoms with Crippen LogP contribution in [-0.2, 0) is 6.54 Å². The predicted octanol–water partition coefficient (Wildman–Crippen LogP) is 2.30. The standard InChI is InChI=1S/C11H15Cl2NO3.ClH/c1-11(2,10(16)17)14-5-6-3-7(12)9(15)8(13)4-6;/h3-4,10,14-17H,5H2,1-2H3;1H. The van der Waals surface area contributed by atoms with E-state index in [0.717, 1.165) is 5.56 Å². The number of phenols is 1. The van der Waals surface area contributed by atoms with E-state index in [-0.39, 0.29) is 28.2 Å². The Morgan fingerprint density at radius 2 is 1.67 bits per heavy atom. The van der Waals surface area contributed by atoms with Gasteiger partial charge in [0, 0.05) is 6.54 Å². The number of aromatic hydroxyl groups is 1. The molecule has 0 aliphatic rings. The predicted molar refractivity (Wildman–Crippen MR) is 74.5 cm³/mol. The van der Waals surface area contributed by atoms with Gasteiger partial charge in [-0.25, -0.2) is 0 Å². The molecule has 0 bridgehead atoms. The van der Waals surface area contributed by atoms with Crippen molar-refractivity contribution in [2.45, 2.75) is 32.2 Å². The van der Waals surface area contributed by atoms with Crippen molar-refractivity contribution in [3.8, 4) is 5.75 Å². The molecule has 1 rings (SSSR count). The summed E-state index contributed by atoms with van der Waals surface area (Å²) in [6.45, 7) is 3.66. The lowest BCUT2D eigenvalue weighted by Crippen LogP contribution is -2.49. The van der Waals surface area contributed by atoms with E-state index in [1.165, 1.54) is 0 Å². The second-order valence-electron chi connectivity index (χ2n) is 4.36. The van der Waals surface area contributed by atoms with Crippen molar-refractivity contribution in [2.24, 2.45) is 0 Å². The van der Waals surface area contributed by atoms with Crippen LogP contribution in [0.3, 0.4) is 0 Å². The van der Waals surface area contributed by atoms with Crippen LogP contribution >= 0.6 is 35.6 Å². The molecule has 18 heavy (non-hydrogen) atoms. The Labute approximate surface area is 122 Å². The van der Waals surface area contributed by atoms with Crippen LogP contribution in [0, 0.1) is 0 Å². The molecule has 0 saturated heterocycles. The Balaban J connectivity index is 0.00000289. The highest BCUT2D eigenvalue weighted by Crippen LogP contribution is 2.32. The minimum absolute atomic E-state index is 0. The number of hydrogen-bond acceptors (Lipinski definition) is 4. The number of aliphatic hydroxyl groups is 2. The highest BCUT2D eigenvalue weighted by molar-refractivity contribution is 6.37. The van der Waals surface area contributed by atoms with E-state index >= 15 is 0 Å². The molecule has 0 heterocycles. The van der Waals surface area contributed by atoms with Crippen LogP contribution in [0.25, 0.3) is 0 Å². The Kier molecular flexibility index (Phi) is 6.71. The smallest absolute Gasteiger partial charge is 0.169 e. The minimum Gasteiger partial charge on any atom is -0.505 e. The lowest BCUT2D eigenvalue weighted by molar-refractivity contribution is -0.0973. The summed E-state index contributed by atoms with van der Waals surface area (Å²) in [4.78, 5) is 0. The second kappa shape index (κ2) is 6.80. The average Bonchev–Trinajstić information content (AvgIpc) is 2.22. The van der Waals surface area contributed by atoms with Gasteiger partial charge in [0.25, 0.3) is 0 Å². The van der Waals surface area contributed by atoms with E-state index in [4.69, 9.17) is 33.4 Å². The molecule has 104 valence electrons. The van der Waals surface area contributed by atoms with Crippen LogP contribution in [0.5, 0.6) is 5.75 Å². The van der Waals surface area contributed by atoms with E-state index < -0.39 is 11.8 Å².